The molecule has 86 valence electrons. The lowest BCUT2D eigenvalue weighted by Crippen LogP contribution is -2.41. The normalized spacial score (nSPS) is 28.4. The summed E-state index contributed by atoms with van der Waals surface area (Å²) >= 11 is 2.05. The van der Waals surface area contributed by atoms with Crippen molar-refractivity contribution in [1.82, 2.24) is 4.90 Å². The van der Waals surface area contributed by atoms with Gasteiger partial charge in [0.05, 0.1) is 6.54 Å². The maximum Gasteiger partial charge on any atom is 0.191 e. The van der Waals surface area contributed by atoms with Gasteiger partial charge in [-0.1, -0.05) is 0 Å². The highest BCUT2D eigenvalue weighted by atomic mass is 32.2. The first-order chi connectivity index (χ1) is 7.36. The third-order valence-electron chi connectivity index (χ3n) is 3.16. The van der Waals surface area contributed by atoms with Crippen LogP contribution in [0.3, 0.4) is 0 Å². The van der Waals surface area contributed by atoms with E-state index in [1.807, 2.05) is 11.8 Å². The number of nitrogens with two attached hydrogens (primary N) is 1. The Morgan fingerprint density at radius 2 is 2.07 bits per heavy atom. The van der Waals surface area contributed by atoms with Gasteiger partial charge in [0.1, 0.15) is 0 Å². The van der Waals surface area contributed by atoms with Crippen LogP contribution in [0.4, 0.5) is 0 Å². The molecular weight excluding hydrogens is 206 g/mol. The number of hydrogen-bond donors (Lipinski definition) is 1. The Labute approximate surface area is 96.5 Å². The van der Waals surface area contributed by atoms with E-state index in [9.17, 15) is 0 Å². The van der Waals surface area contributed by atoms with E-state index in [1.54, 1.807) is 0 Å². The monoisotopic (exact) mass is 227 g/mol. The first-order valence-corrected chi connectivity index (χ1v) is 7.07. The fourth-order valence-corrected chi connectivity index (χ4v) is 3.39. The highest BCUT2D eigenvalue weighted by molar-refractivity contribution is 8.00. The van der Waals surface area contributed by atoms with Crippen molar-refractivity contribution in [3.8, 4) is 0 Å². The molecule has 0 radical (unpaired) electrons. The van der Waals surface area contributed by atoms with Gasteiger partial charge in [0.25, 0.3) is 0 Å². The first-order valence-electron chi connectivity index (χ1n) is 6.03. The lowest BCUT2D eigenvalue weighted by molar-refractivity contribution is 0.338. The summed E-state index contributed by atoms with van der Waals surface area (Å²) in [6, 6.07) is 0. The Balaban J connectivity index is 1.77. The van der Waals surface area contributed by atoms with Gasteiger partial charge >= 0.3 is 0 Å². The van der Waals surface area contributed by atoms with Crippen molar-refractivity contribution >= 4 is 17.7 Å². The van der Waals surface area contributed by atoms with E-state index in [1.165, 1.54) is 37.9 Å². The van der Waals surface area contributed by atoms with Crippen LogP contribution >= 0.6 is 11.8 Å². The van der Waals surface area contributed by atoms with E-state index < -0.39 is 0 Å². The predicted molar refractivity (Wildman–Crippen MR) is 67.4 cm³/mol. The molecule has 0 saturated carbocycles. The molecule has 0 spiro atoms. The van der Waals surface area contributed by atoms with Crippen LogP contribution in [0.25, 0.3) is 0 Å². The predicted octanol–water partition coefficient (Wildman–Crippen LogP) is 1.68. The van der Waals surface area contributed by atoms with Crippen molar-refractivity contribution in [2.24, 2.45) is 10.7 Å². The molecule has 2 aliphatic rings. The second kappa shape index (κ2) is 5.64. The topological polar surface area (TPSA) is 41.6 Å². The molecule has 2 aliphatic heterocycles. The van der Waals surface area contributed by atoms with E-state index >= 15 is 0 Å². The Morgan fingerprint density at radius 1 is 1.27 bits per heavy atom. The van der Waals surface area contributed by atoms with Gasteiger partial charge in [0.2, 0.25) is 0 Å². The molecule has 0 amide bonds. The second-order valence-corrected chi connectivity index (χ2v) is 5.79. The number of nitrogens with zero attached hydrogens (tertiary/aromatic N) is 2. The van der Waals surface area contributed by atoms with Gasteiger partial charge in [-0.15, -0.1) is 0 Å². The van der Waals surface area contributed by atoms with Gasteiger partial charge in [-0.05, 0) is 37.9 Å². The van der Waals surface area contributed by atoms with Crippen LogP contribution in [0.2, 0.25) is 0 Å². The van der Waals surface area contributed by atoms with Crippen molar-refractivity contribution in [3.05, 3.63) is 0 Å². The minimum Gasteiger partial charge on any atom is -0.370 e. The summed E-state index contributed by atoms with van der Waals surface area (Å²) in [6.45, 7) is 3.13. The minimum atomic E-state index is 0.730. The largest absolute Gasteiger partial charge is 0.370 e. The van der Waals surface area contributed by atoms with Gasteiger partial charge < -0.3 is 10.6 Å². The van der Waals surface area contributed by atoms with E-state index in [0.29, 0.717) is 0 Å². The molecule has 4 heteroatoms. The second-order valence-electron chi connectivity index (χ2n) is 4.38. The molecule has 2 saturated heterocycles. The van der Waals surface area contributed by atoms with Gasteiger partial charge in [0.15, 0.2) is 5.96 Å². The van der Waals surface area contributed by atoms with Crippen molar-refractivity contribution in [3.63, 3.8) is 0 Å². The summed E-state index contributed by atoms with van der Waals surface area (Å²) in [5.41, 5.74) is 5.99. The summed E-state index contributed by atoms with van der Waals surface area (Å²) in [4.78, 5) is 6.77. The minimum absolute atomic E-state index is 0.730. The molecule has 0 aliphatic carbocycles. The van der Waals surface area contributed by atoms with Gasteiger partial charge in [-0.25, -0.2) is 0 Å². The molecule has 2 rings (SSSR count). The van der Waals surface area contributed by atoms with Crippen molar-refractivity contribution in [2.75, 3.05) is 25.4 Å². The van der Waals surface area contributed by atoms with Crippen molar-refractivity contribution in [2.45, 2.75) is 37.4 Å². The zero-order valence-electron chi connectivity index (χ0n) is 9.32. The molecule has 1 atom stereocenters. The quantitative estimate of drug-likeness (QED) is 0.576. The molecule has 2 heterocycles. The van der Waals surface area contributed by atoms with E-state index in [2.05, 4.69) is 9.89 Å². The standard InChI is InChI=1S/C11H21N3S/c12-11(14-6-2-1-3-7-14)13-9-10-5-4-8-15-10/h10H,1-9H2,(H2,12,13). The highest BCUT2D eigenvalue weighted by Gasteiger charge is 2.16. The maximum atomic E-state index is 5.99. The molecular formula is C11H21N3S. The van der Waals surface area contributed by atoms with Crippen LogP contribution < -0.4 is 5.73 Å². The van der Waals surface area contributed by atoms with Crippen LogP contribution in [0.5, 0.6) is 0 Å². The fraction of sp³-hybridized carbons (Fsp3) is 0.909. The summed E-state index contributed by atoms with van der Waals surface area (Å²) in [5, 5.41) is 0.730. The summed E-state index contributed by atoms with van der Waals surface area (Å²) in [6.07, 6.45) is 6.57. The molecule has 0 aromatic heterocycles. The van der Waals surface area contributed by atoms with E-state index in [-0.39, 0.29) is 0 Å². The summed E-state index contributed by atoms with van der Waals surface area (Å²) in [7, 11) is 0. The number of rotatable bonds is 2. The Morgan fingerprint density at radius 3 is 2.73 bits per heavy atom. The average Bonchev–Trinajstić information content (AvgIpc) is 2.80. The van der Waals surface area contributed by atoms with Crippen LogP contribution in [-0.4, -0.2) is 41.5 Å². The number of guanidine groups is 1. The molecule has 3 nitrogen and oxygen atoms in total. The zero-order valence-corrected chi connectivity index (χ0v) is 10.1. The van der Waals surface area contributed by atoms with Crippen LogP contribution in [0, 0.1) is 0 Å². The van der Waals surface area contributed by atoms with E-state index in [4.69, 9.17) is 5.73 Å². The third-order valence-corrected chi connectivity index (χ3v) is 4.54. The lowest BCUT2D eigenvalue weighted by atomic mass is 10.1. The molecule has 2 N–H and O–H groups in total. The number of piperidine rings is 1. The average molecular weight is 227 g/mol. The molecule has 1 unspecified atom stereocenters. The van der Waals surface area contributed by atoms with Crippen LogP contribution in [-0.2, 0) is 0 Å². The van der Waals surface area contributed by atoms with Crippen molar-refractivity contribution in [1.29, 1.82) is 0 Å². The number of thioether (sulfide) groups is 1. The number of hydrogen-bond acceptors (Lipinski definition) is 2. The maximum absolute atomic E-state index is 5.99. The molecule has 2 fully saturated rings. The van der Waals surface area contributed by atoms with E-state index in [0.717, 1.165) is 30.8 Å². The zero-order chi connectivity index (χ0) is 10.5. The Hall–Kier alpha value is -0.380. The third kappa shape index (κ3) is 3.30. The molecule has 0 aromatic carbocycles. The summed E-state index contributed by atoms with van der Waals surface area (Å²) in [5.74, 6) is 2.09. The van der Waals surface area contributed by atoms with Gasteiger partial charge in [-0.2, -0.15) is 11.8 Å². The fourth-order valence-electron chi connectivity index (χ4n) is 2.21. The van der Waals surface area contributed by atoms with Gasteiger partial charge in [-0.3, -0.25) is 4.99 Å². The lowest BCUT2D eigenvalue weighted by Gasteiger charge is -2.27. The molecule has 15 heavy (non-hydrogen) atoms. The van der Waals surface area contributed by atoms with Gasteiger partial charge in [0, 0.05) is 18.3 Å². The van der Waals surface area contributed by atoms with Crippen molar-refractivity contribution < 1.29 is 0 Å². The SMILES string of the molecule is NC(=NCC1CCCS1)N1CCCCC1. The number of aliphatic imine (C=N–C) groups is 1. The molecule has 0 bridgehead atoms. The first kappa shape index (κ1) is 11.1. The summed E-state index contributed by atoms with van der Waals surface area (Å²) < 4.78 is 0. The highest BCUT2D eigenvalue weighted by Crippen LogP contribution is 2.26. The Bertz CT molecular complexity index is 218. The van der Waals surface area contributed by atoms with Crippen LogP contribution in [0.1, 0.15) is 32.1 Å². The smallest absolute Gasteiger partial charge is 0.191 e. The Kier molecular flexibility index (Phi) is 4.18. The molecule has 0 aromatic rings. The van der Waals surface area contributed by atoms with Crippen LogP contribution in [0.15, 0.2) is 4.99 Å². The number of likely N-dealkylation sites (tertiary alicyclic amines) is 1.